The van der Waals surface area contributed by atoms with Crippen molar-refractivity contribution >= 4 is 5.91 Å². The van der Waals surface area contributed by atoms with E-state index in [4.69, 9.17) is 0 Å². The number of aryl methyl sites for hydroxylation is 1. The molecule has 4 nitrogen and oxygen atoms in total. The van der Waals surface area contributed by atoms with E-state index in [0.717, 1.165) is 43.6 Å². The summed E-state index contributed by atoms with van der Waals surface area (Å²) in [7, 11) is 0. The van der Waals surface area contributed by atoms with Gasteiger partial charge in [-0.3, -0.25) is 4.79 Å². The second-order valence-corrected chi connectivity index (χ2v) is 9.95. The Bertz CT molecular complexity index is 1100. The third kappa shape index (κ3) is 4.97. The summed E-state index contributed by atoms with van der Waals surface area (Å²) in [6.07, 6.45) is 9.73. The summed E-state index contributed by atoms with van der Waals surface area (Å²) in [6, 6.07) is 21.8. The molecule has 0 spiro atoms. The Hall–Kier alpha value is -2.85. The number of amides is 1. The summed E-state index contributed by atoms with van der Waals surface area (Å²) in [5, 5.41) is 3.12. The average Bonchev–Trinajstić information content (AvgIpc) is 3.28. The van der Waals surface area contributed by atoms with E-state index < -0.39 is 0 Å². The fourth-order valence-corrected chi connectivity index (χ4v) is 5.65. The fourth-order valence-electron chi connectivity index (χ4n) is 5.65. The van der Waals surface area contributed by atoms with Crippen molar-refractivity contribution in [2.24, 2.45) is 0 Å². The van der Waals surface area contributed by atoms with Crippen LogP contribution >= 0.6 is 0 Å². The molecular weight excluding hydrogens is 418 g/mol. The molecule has 0 bridgehead atoms. The highest BCUT2D eigenvalue weighted by atomic mass is 16.1. The van der Waals surface area contributed by atoms with Crippen molar-refractivity contribution in [3.8, 4) is 16.9 Å². The topological polar surface area (TPSA) is 37.3 Å². The molecular formula is C30H37N3O. The maximum absolute atomic E-state index is 12.7. The van der Waals surface area contributed by atoms with Crippen molar-refractivity contribution in [1.82, 2.24) is 14.8 Å². The lowest BCUT2D eigenvalue weighted by atomic mass is 9.98. The van der Waals surface area contributed by atoms with E-state index in [0.29, 0.717) is 6.04 Å². The molecule has 0 radical (unpaired) electrons. The summed E-state index contributed by atoms with van der Waals surface area (Å²) in [5.41, 5.74) is 7.25. The molecule has 2 heterocycles. The van der Waals surface area contributed by atoms with Gasteiger partial charge in [0.1, 0.15) is 0 Å². The molecule has 3 aromatic rings. The number of aromatic nitrogens is 1. The summed E-state index contributed by atoms with van der Waals surface area (Å²) >= 11 is 0. The van der Waals surface area contributed by atoms with Gasteiger partial charge in [0, 0.05) is 36.1 Å². The second-order valence-electron chi connectivity index (χ2n) is 9.95. The van der Waals surface area contributed by atoms with E-state index >= 15 is 0 Å². The Morgan fingerprint density at radius 2 is 1.76 bits per heavy atom. The number of likely N-dealkylation sites (tertiary alicyclic amines) is 1. The lowest BCUT2D eigenvalue weighted by molar-refractivity contribution is 0.0949. The van der Waals surface area contributed by atoms with Crippen LogP contribution in [0, 0.1) is 0 Å². The molecule has 4 heteroatoms. The van der Waals surface area contributed by atoms with Crippen LogP contribution in [0.25, 0.3) is 16.9 Å². The maximum atomic E-state index is 12.7. The van der Waals surface area contributed by atoms with Gasteiger partial charge >= 0.3 is 0 Å². The summed E-state index contributed by atoms with van der Waals surface area (Å²) < 4.78 is 2.41. The Labute approximate surface area is 204 Å². The highest BCUT2D eigenvalue weighted by molar-refractivity contribution is 5.94. The maximum Gasteiger partial charge on any atom is 0.251 e. The van der Waals surface area contributed by atoms with Crippen LogP contribution < -0.4 is 5.32 Å². The molecule has 1 aliphatic carbocycles. The monoisotopic (exact) mass is 455 g/mol. The van der Waals surface area contributed by atoms with Crippen molar-refractivity contribution in [3.63, 3.8) is 0 Å². The molecule has 2 aromatic carbocycles. The first-order chi connectivity index (χ1) is 16.7. The van der Waals surface area contributed by atoms with Gasteiger partial charge in [-0.2, -0.15) is 0 Å². The van der Waals surface area contributed by atoms with Gasteiger partial charge in [-0.1, -0.05) is 36.8 Å². The molecule has 0 saturated carbocycles. The van der Waals surface area contributed by atoms with Gasteiger partial charge in [-0.25, -0.2) is 0 Å². The number of nitrogens with one attached hydrogen (secondary N) is 1. The zero-order chi connectivity index (χ0) is 23.3. The number of fused-ring (bicyclic) bond motifs is 1. The lowest BCUT2D eigenvalue weighted by Gasteiger charge is -2.33. The number of carbonyl (C=O) groups is 1. The zero-order valence-corrected chi connectivity index (χ0v) is 20.4. The van der Waals surface area contributed by atoms with Crippen molar-refractivity contribution in [1.29, 1.82) is 0 Å². The zero-order valence-electron chi connectivity index (χ0n) is 20.4. The largest absolute Gasteiger partial charge is 0.352 e. The van der Waals surface area contributed by atoms with Gasteiger partial charge in [0.2, 0.25) is 0 Å². The van der Waals surface area contributed by atoms with Gasteiger partial charge in [0.05, 0.1) is 5.69 Å². The van der Waals surface area contributed by atoms with E-state index in [9.17, 15) is 4.79 Å². The molecule has 1 aromatic heterocycles. The van der Waals surface area contributed by atoms with Crippen LogP contribution in [0.4, 0.5) is 0 Å². The third-order valence-electron chi connectivity index (χ3n) is 7.61. The van der Waals surface area contributed by atoms with Gasteiger partial charge in [-0.15, -0.1) is 0 Å². The van der Waals surface area contributed by atoms with Crippen LogP contribution in [0.5, 0.6) is 0 Å². The minimum Gasteiger partial charge on any atom is -0.352 e. The van der Waals surface area contributed by atoms with Gasteiger partial charge < -0.3 is 14.8 Å². The predicted octanol–water partition coefficient (Wildman–Crippen LogP) is 6.02. The molecule has 178 valence electrons. The van der Waals surface area contributed by atoms with E-state index in [1.165, 1.54) is 61.2 Å². The SMILES string of the molecule is C[C@H]1CCCCN1CCCNC(=O)c1ccc(-n2c(-c3ccccc3)cc3c2CCCC3)cc1. The molecule has 1 amide bonds. The average molecular weight is 456 g/mol. The van der Waals surface area contributed by atoms with E-state index in [-0.39, 0.29) is 5.91 Å². The quantitative estimate of drug-likeness (QED) is 0.443. The normalized spacial score (nSPS) is 18.4. The van der Waals surface area contributed by atoms with Crippen molar-refractivity contribution in [2.45, 2.75) is 64.3 Å². The second kappa shape index (κ2) is 10.6. The molecule has 2 aliphatic rings. The highest BCUT2D eigenvalue weighted by Gasteiger charge is 2.21. The number of hydrogen-bond acceptors (Lipinski definition) is 2. The van der Waals surface area contributed by atoms with Crippen LogP contribution in [0.2, 0.25) is 0 Å². The van der Waals surface area contributed by atoms with Crippen molar-refractivity contribution in [3.05, 3.63) is 77.5 Å². The Morgan fingerprint density at radius 3 is 2.56 bits per heavy atom. The fraction of sp³-hybridized carbons (Fsp3) is 0.433. The highest BCUT2D eigenvalue weighted by Crippen LogP contribution is 2.34. The first kappa shape index (κ1) is 22.9. The van der Waals surface area contributed by atoms with Crippen molar-refractivity contribution in [2.75, 3.05) is 19.6 Å². The van der Waals surface area contributed by atoms with E-state index in [2.05, 4.69) is 70.2 Å². The van der Waals surface area contributed by atoms with Crippen LogP contribution in [0.3, 0.4) is 0 Å². The molecule has 34 heavy (non-hydrogen) atoms. The summed E-state index contributed by atoms with van der Waals surface area (Å²) in [4.78, 5) is 15.3. The van der Waals surface area contributed by atoms with E-state index in [1.807, 2.05) is 12.1 Å². The molecule has 0 unspecified atom stereocenters. The van der Waals surface area contributed by atoms with Crippen LogP contribution in [0.1, 0.15) is 67.1 Å². The number of hydrogen-bond donors (Lipinski definition) is 1. The van der Waals surface area contributed by atoms with Crippen molar-refractivity contribution < 1.29 is 4.79 Å². The number of benzene rings is 2. The Balaban J connectivity index is 1.27. The first-order valence-corrected chi connectivity index (χ1v) is 13.1. The minimum absolute atomic E-state index is 0.0241. The van der Waals surface area contributed by atoms with Gasteiger partial charge in [-0.05, 0) is 99.9 Å². The number of nitrogens with zero attached hydrogens (tertiary/aromatic N) is 2. The van der Waals surface area contributed by atoms with Gasteiger partial charge in [0.25, 0.3) is 5.91 Å². The number of carbonyl (C=O) groups excluding carboxylic acids is 1. The van der Waals surface area contributed by atoms with Gasteiger partial charge in [0.15, 0.2) is 0 Å². The molecule has 1 aliphatic heterocycles. The smallest absolute Gasteiger partial charge is 0.251 e. The molecule has 1 N–H and O–H groups in total. The van der Waals surface area contributed by atoms with E-state index in [1.54, 1.807) is 0 Å². The summed E-state index contributed by atoms with van der Waals surface area (Å²) in [6.45, 7) is 5.32. The molecule has 1 fully saturated rings. The third-order valence-corrected chi connectivity index (χ3v) is 7.61. The predicted molar refractivity (Wildman–Crippen MR) is 140 cm³/mol. The molecule has 1 atom stereocenters. The Morgan fingerprint density at radius 1 is 0.971 bits per heavy atom. The lowest BCUT2D eigenvalue weighted by Crippen LogP contribution is -2.39. The van der Waals surface area contributed by atoms with Crippen LogP contribution in [0.15, 0.2) is 60.7 Å². The summed E-state index contributed by atoms with van der Waals surface area (Å²) in [5.74, 6) is 0.0241. The molecule has 1 saturated heterocycles. The Kier molecular flexibility index (Phi) is 7.15. The standard InChI is InChI=1S/C30H37N3O/c1-23-10-7-8-20-32(23)21-9-19-31-30(34)25-15-17-27(18-16-25)33-28-14-6-5-13-26(28)22-29(33)24-11-3-2-4-12-24/h2-4,11-12,15-18,22-23H,5-10,13-14,19-21H2,1H3,(H,31,34)/t23-/m0/s1. The van der Waals surface area contributed by atoms with Crippen LogP contribution in [-0.4, -0.2) is 41.1 Å². The number of piperidine rings is 1. The number of rotatable bonds is 7. The minimum atomic E-state index is 0.0241. The van der Waals surface area contributed by atoms with Crippen LogP contribution in [-0.2, 0) is 12.8 Å². The molecule has 5 rings (SSSR count). The first-order valence-electron chi connectivity index (χ1n) is 13.1.